The van der Waals surface area contributed by atoms with Crippen LogP contribution in [0.5, 0.6) is 0 Å². The van der Waals surface area contributed by atoms with Crippen molar-refractivity contribution in [1.82, 2.24) is 10.6 Å². The summed E-state index contributed by atoms with van der Waals surface area (Å²) in [5.74, 6) is -0.950. The molecule has 0 aromatic carbocycles. The molecule has 0 bridgehead atoms. The van der Waals surface area contributed by atoms with Crippen LogP contribution in [0.25, 0.3) is 0 Å². The second-order valence-corrected chi connectivity index (χ2v) is 2.67. The highest BCUT2D eigenvalue weighted by Crippen LogP contribution is 1.78. The van der Waals surface area contributed by atoms with Crippen LogP contribution in [0.15, 0.2) is 0 Å². The highest BCUT2D eigenvalue weighted by Gasteiger charge is 2.00. The molecule has 0 aliphatic carbocycles. The van der Waals surface area contributed by atoms with E-state index in [1.165, 1.54) is 0 Å². The van der Waals surface area contributed by atoms with Gasteiger partial charge in [-0.25, -0.2) is 0 Å². The molecule has 0 aromatic heterocycles. The Balaban J connectivity index is 3.22. The number of amides is 1. The molecule has 0 unspecified atom stereocenters. The van der Waals surface area contributed by atoms with E-state index < -0.39 is 5.97 Å². The number of rotatable bonds is 7. The van der Waals surface area contributed by atoms with E-state index in [0.717, 1.165) is 6.42 Å². The summed E-state index contributed by atoms with van der Waals surface area (Å²) in [4.78, 5) is 21.0. The lowest BCUT2D eigenvalue weighted by Gasteiger charge is -2.03. The quantitative estimate of drug-likeness (QED) is 0.474. The number of hydrogen-bond acceptors (Lipinski definition) is 3. The Morgan fingerprint density at radius 2 is 2.00 bits per heavy atom. The molecule has 5 heteroatoms. The molecule has 0 aliphatic rings. The van der Waals surface area contributed by atoms with Gasteiger partial charge in [-0.1, -0.05) is 6.92 Å². The molecule has 0 atom stereocenters. The molecule has 5 nitrogen and oxygen atoms in total. The summed E-state index contributed by atoms with van der Waals surface area (Å²) in [6.45, 7) is 2.96. The molecule has 0 aliphatic heterocycles. The molecule has 0 saturated carbocycles. The second kappa shape index (κ2) is 7.54. The fourth-order valence-corrected chi connectivity index (χ4v) is 0.750. The van der Waals surface area contributed by atoms with E-state index in [1.807, 2.05) is 6.92 Å². The van der Waals surface area contributed by atoms with Crippen molar-refractivity contribution in [2.45, 2.75) is 19.8 Å². The number of carbonyl (C=O) groups is 2. The van der Waals surface area contributed by atoms with Gasteiger partial charge in [0.2, 0.25) is 5.91 Å². The van der Waals surface area contributed by atoms with Crippen LogP contribution >= 0.6 is 0 Å². The Hall–Kier alpha value is -1.10. The summed E-state index contributed by atoms with van der Waals surface area (Å²) in [6, 6.07) is 0. The van der Waals surface area contributed by atoms with Crippen molar-refractivity contribution in [3.8, 4) is 0 Å². The van der Waals surface area contributed by atoms with E-state index >= 15 is 0 Å². The number of nitrogens with one attached hydrogen (secondary N) is 2. The minimum Gasteiger partial charge on any atom is -0.480 e. The summed E-state index contributed by atoms with van der Waals surface area (Å²) < 4.78 is 0. The van der Waals surface area contributed by atoms with E-state index in [9.17, 15) is 9.59 Å². The van der Waals surface area contributed by atoms with E-state index in [0.29, 0.717) is 19.5 Å². The van der Waals surface area contributed by atoms with Crippen LogP contribution in [0.4, 0.5) is 0 Å². The maximum absolute atomic E-state index is 10.9. The number of carboxylic acid groups (broad SMARTS) is 1. The molecular formula is C8H16N2O3. The normalized spacial score (nSPS) is 9.62. The zero-order valence-electron chi connectivity index (χ0n) is 7.80. The van der Waals surface area contributed by atoms with Crippen molar-refractivity contribution >= 4 is 11.9 Å². The molecule has 0 heterocycles. The first-order chi connectivity index (χ1) is 6.16. The van der Waals surface area contributed by atoms with Crippen molar-refractivity contribution in [2.75, 3.05) is 19.6 Å². The molecule has 3 N–H and O–H groups in total. The minimum absolute atomic E-state index is 0.0419. The fraction of sp³-hybridized carbons (Fsp3) is 0.750. The maximum atomic E-state index is 10.9. The van der Waals surface area contributed by atoms with Gasteiger partial charge in [-0.15, -0.1) is 0 Å². The predicted octanol–water partition coefficient (Wildman–Crippen LogP) is -0.423. The Morgan fingerprint density at radius 1 is 1.31 bits per heavy atom. The third-order valence-corrected chi connectivity index (χ3v) is 1.38. The third-order valence-electron chi connectivity index (χ3n) is 1.38. The smallest absolute Gasteiger partial charge is 0.317 e. The van der Waals surface area contributed by atoms with Crippen molar-refractivity contribution in [2.24, 2.45) is 0 Å². The molecule has 0 fully saturated rings. The summed E-state index contributed by atoms with van der Waals surface area (Å²) in [5, 5.41) is 13.6. The van der Waals surface area contributed by atoms with Gasteiger partial charge in [0.05, 0.1) is 6.54 Å². The van der Waals surface area contributed by atoms with Crippen molar-refractivity contribution in [3.05, 3.63) is 0 Å². The highest BCUT2D eigenvalue weighted by molar-refractivity contribution is 5.76. The molecule has 0 spiro atoms. The number of carboxylic acids is 1. The average molecular weight is 188 g/mol. The first kappa shape index (κ1) is 11.9. The van der Waals surface area contributed by atoms with Crippen LogP contribution < -0.4 is 10.6 Å². The molecule has 0 rings (SSSR count). The van der Waals surface area contributed by atoms with Crippen LogP contribution in [-0.2, 0) is 9.59 Å². The van der Waals surface area contributed by atoms with Crippen molar-refractivity contribution in [3.63, 3.8) is 0 Å². The van der Waals surface area contributed by atoms with E-state index in [2.05, 4.69) is 10.6 Å². The van der Waals surface area contributed by atoms with Crippen molar-refractivity contribution in [1.29, 1.82) is 0 Å². The Kier molecular flexibility index (Phi) is 6.91. The van der Waals surface area contributed by atoms with Gasteiger partial charge in [0.25, 0.3) is 0 Å². The van der Waals surface area contributed by atoms with Gasteiger partial charge < -0.3 is 15.7 Å². The maximum Gasteiger partial charge on any atom is 0.317 e. The number of carbonyl (C=O) groups excluding carboxylic acids is 1. The Bertz CT molecular complexity index is 171. The van der Waals surface area contributed by atoms with E-state index in [1.54, 1.807) is 0 Å². The molecular weight excluding hydrogens is 172 g/mol. The lowest BCUT2D eigenvalue weighted by molar-refractivity contribution is -0.136. The molecule has 1 amide bonds. The zero-order chi connectivity index (χ0) is 10.1. The van der Waals surface area contributed by atoms with Gasteiger partial charge in [0.1, 0.15) is 0 Å². The second-order valence-electron chi connectivity index (χ2n) is 2.67. The molecule has 0 saturated heterocycles. The predicted molar refractivity (Wildman–Crippen MR) is 48.4 cm³/mol. The summed E-state index contributed by atoms with van der Waals surface area (Å²) >= 11 is 0. The Morgan fingerprint density at radius 3 is 2.54 bits per heavy atom. The standard InChI is InChI=1S/C8H16N2O3/c1-2-4-10-7(11)3-5-9-6-8(12)13/h9H,2-6H2,1H3,(H,10,11)(H,12,13). The third kappa shape index (κ3) is 8.81. The minimum atomic E-state index is -0.908. The van der Waals surface area contributed by atoms with Crippen LogP contribution in [0.3, 0.4) is 0 Å². The van der Waals surface area contributed by atoms with Gasteiger partial charge in [-0.05, 0) is 6.42 Å². The molecule has 76 valence electrons. The largest absolute Gasteiger partial charge is 0.480 e. The lowest BCUT2D eigenvalue weighted by atomic mass is 10.3. The molecule has 0 radical (unpaired) electrons. The fourth-order valence-electron chi connectivity index (χ4n) is 0.750. The van der Waals surface area contributed by atoms with Crippen molar-refractivity contribution < 1.29 is 14.7 Å². The molecule has 0 aromatic rings. The van der Waals surface area contributed by atoms with Crippen LogP contribution in [0.1, 0.15) is 19.8 Å². The SMILES string of the molecule is CCCNC(=O)CCNCC(=O)O. The number of aliphatic carboxylic acids is 1. The van der Waals surface area contributed by atoms with Crippen LogP contribution in [0, 0.1) is 0 Å². The first-order valence-electron chi connectivity index (χ1n) is 4.36. The summed E-state index contributed by atoms with van der Waals surface area (Å²) in [6.07, 6.45) is 1.24. The van der Waals surface area contributed by atoms with Crippen LogP contribution in [0.2, 0.25) is 0 Å². The topological polar surface area (TPSA) is 78.4 Å². The van der Waals surface area contributed by atoms with E-state index in [-0.39, 0.29) is 12.5 Å². The lowest BCUT2D eigenvalue weighted by Crippen LogP contribution is -2.30. The van der Waals surface area contributed by atoms with Gasteiger partial charge in [-0.3, -0.25) is 9.59 Å². The van der Waals surface area contributed by atoms with Gasteiger partial charge in [0, 0.05) is 19.5 Å². The van der Waals surface area contributed by atoms with Gasteiger partial charge >= 0.3 is 5.97 Å². The van der Waals surface area contributed by atoms with Gasteiger partial charge in [0.15, 0.2) is 0 Å². The molecule has 13 heavy (non-hydrogen) atoms. The summed E-state index contributed by atoms with van der Waals surface area (Å²) in [7, 11) is 0. The van der Waals surface area contributed by atoms with E-state index in [4.69, 9.17) is 5.11 Å². The average Bonchev–Trinajstić information content (AvgIpc) is 2.08. The first-order valence-corrected chi connectivity index (χ1v) is 4.36. The highest BCUT2D eigenvalue weighted by atomic mass is 16.4. The Labute approximate surface area is 77.5 Å². The number of hydrogen-bond donors (Lipinski definition) is 3. The van der Waals surface area contributed by atoms with Gasteiger partial charge in [-0.2, -0.15) is 0 Å². The zero-order valence-corrected chi connectivity index (χ0v) is 7.80. The monoisotopic (exact) mass is 188 g/mol. The van der Waals surface area contributed by atoms with Crippen LogP contribution in [-0.4, -0.2) is 36.6 Å². The summed E-state index contributed by atoms with van der Waals surface area (Å²) in [5.41, 5.74) is 0.